The van der Waals surface area contributed by atoms with E-state index in [-0.39, 0.29) is 29.0 Å². The average Bonchev–Trinajstić information content (AvgIpc) is 3.41. The summed E-state index contributed by atoms with van der Waals surface area (Å²) in [5.41, 5.74) is 5.27. The highest BCUT2D eigenvalue weighted by molar-refractivity contribution is 5.99. The molecule has 2 atom stereocenters. The van der Waals surface area contributed by atoms with Gasteiger partial charge in [0.25, 0.3) is 11.6 Å². The zero-order chi connectivity index (χ0) is 17.1. The van der Waals surface area contributed by atoms with Gasteiger partial charge in [-0.05, 0) is 24.0 Å². The number of carbonyl (C=O) groups excluding carboxylic acids is 2. The Balaban J connectivity index is 1.58. The van der Waals surface area contributed by atoms with Crippen molar-refractivity contribution in [2.75, 3.05) is 0 Å². The van der Waals surface area contributed by atoms with Crippen LogP contribution in [0.2, 0.25) is 0 Å². The summed E-state index contributed by atoms with van der Waals surface area (Å²) in [4.78, 5) is 34.4. The molecule has 24 heavy (non-hydrogen) atoms. The molecule has 0 unspecified atom stereocenters. The SMILES string of the molecule is O=C(NNC(=O)[C@H]1C[C@@H]1c1ccccc1)c1ccccc1[N+](=O)[O-]. The van der Waals surface area contributed by atoms with E-state index in [0.29, 0.717) is 0 Å². The lowest BCUT2D eigenvalue weighted by Crippen LogP contribution is -2.42. The fraction of sp³-hybridized carbons (Fsp3) is 0.176. The first-order chi connectivity index (χ1) is 11.6. The van der Waals surface area contributed by atoms with E-state index in [4.69, 9.17) is 0 Å². The standard InChI is InChI=1S/C17H15N3O4/c21-16(12-8-4-5-9-15(12)20(23)24)18-19-17(22)14-10-13(14)11-6-2-1-3-7-11/h1-9,13-14H,10H2,(H,18,21)(H,19,22)/t13-,14+/m1/s1. The van der Waals surface area contributed by atoms with E-state index >= 15 is 0 Å². The summed E-state index contributed by atoms with van der Waals surface area (Å²) >= 11 is 0. The van der Waals surface area contributed by atoms with Gasteiger partial charge < -0.3 is 0 Å². The zero-order valence-corrected chi connectivity index (χ0v) is 12.6. The van der Waals surface area contributed by atoms with Crippen molar-refractivity contribution in [3.05, 3.63) is 75.8 Å². The average molecular weight is 325 g/mol. The van der Waals surface area contributed by atoms with Gasteiger partial charge in [0.05, 0.1) is 4.92 Å². The number of carbonyl (C=O) groups is 2. The van der Waals surface area contributed by atoms with Crippen LogP contribution in [0.4, 0.5) is 5.69 Å². The molecule has 0 heterocycles. The quantitative estimate of drug-likeness (QED) is 0.664. The summed E-state index contributed by atoms with van der Waals surface area (Å²) in [6.07, 6.45) is 0.719. The first-order valence-electron chi connectivity index (χ1n) is 7.46. The van der Waals surface area contributed by atoms with Gasteiger partial charge in [-0.15, -0.1) is 0 Å². The summed E-state index contributed by atoms with van der Waals surface area (Å²) < 4.78 is 0. The van der Waals surface area contributed by atoms with Gasteiger partial charge in [-0.2, -0.15) is 0 Å². The summed E-state index contributed by atoms with van der Waals surface area (Å²) in [6, 6.07) is 15.2. The smallest absolute Gasteiger partial charge is 0.273 e. The number of rotatable bonds is 4. The van der Waals surface area contributed by atoms with Crippen molar-refractivity contribution in [1.29, 1.82) is 0 Å². The van der Waals surface area contributed by atoms with Crippen LogP contribution in [0, 0.1) is 16.0 Å². The van der Waals surface area contributed by atoms with E-state index in [0.717, 1.165) is 12.0 Å². The molecule has 1 saturated carbocycles. The second kappa shape index (κ2) is 6.49. The predicted molar refractivity (Wildman–Crippen MR) is 86.0 cm³/mol. The summed E-state index contributed by atoms with van der Waals surface area (Å²) in [6.45, 7) is 0. The molecule has 1 aliphatic rings. The predicted octanol–water partition coefficient (Wildman–Crippen LogP) is 2.16. The highest BCUT2D eigenvalue weighted by Gasteiger charge is 2.44. The molecule has 0 aromatic heterocycles. The van der Waals surface area contributed by atoms with Crippen LogP contribution in [0.1, 0.15) is 28.3 Å². The number of hydrogen-bond acceptors (Lipinski definition) is 4. The fourth-order valence-electron chi connectivity index (χ4n) is 2.66. The Morgan fingerprint density at radius 1 is 1.00 bits per heavy atom. The first-order valence-corrected chi connectivity index (χ1v) is 7.46. The van der Waals surface area contributed by atoms with E-state index in [9.17, 15) is 19.7 Å². The van der Waals surface area contributed by atoms with Crippen molar-refractivity contribution >= 4 is 17.5 Å². The Kier molecular flexibility index (Phi) is 4.24. The molecule has 3 rings (SSSR count). The minimum absolute atomic E-state index is 0.0989. The van der Waals surface area contributed by atoms with Crippen LogP contribution in [0.3, 0.4) is 0 Å². The highest BCUT2D eigenvalue weighted by atomic mass is 16.6. The maximum Gasteiger partial charge on any atom is 0.282 e. The van der Waals surface area contributed by atoms with E-state index in [1.54, 1.807) is 0 Å². The Labute approximate surface area is 137 Å². The van der Waals surface area contributed by atoms with Gasteiger partial charge >= 0.3 is 0 Å². The monoisotopic (exact) mass is 325 g/mol. The summed E-state index contributed by atoms with van der Waals surface area (Å²) in [7, 11) is 0. The number of nitrogens with one attached hydrogen (secondary N) is 2. The zero-order valence-electron chi connectivity index (χ0n) is 12.6. The van der Waals surface area contributed by atoms with E-state index in [2.05, 4.69) is 10.9 Å². The lowest BCUT2D eigenvalue weighted by molar-refractivity contribution is -0.385. The van der Waals surface area contributed by atoms with Gasteiger partial charge in [0.2, 0.25) is 5.91 Å². The molecule has 122 valence electrons. The van der Waals surface area contributed by atoms with Gasteiger partial charge in [0, 0.05) is 12.0 Å². The number of nitrogens with zero attached hydrogens (tertiary/aromatic N) is 1. The normalized spacial score (nSPS) is 18.5. The second-order valence-corrected chi connectivity index (χ2v) is 5.58. The number of benzene rings is 2. The molecule has 0 radical (unpaired) electrons. The van der Waals surface area contributed by atoms with Gasteiger partial charge in [0.15, 0.2) is 0 Å². The largest absolute Gasteiger partial charge is 0.282 e. The Morgan fingerprint density at radius 3 is 2.38 bits per heavy atom. The highest BCUT2D eigenvalue weighted by Crippen LogP contribution is 2.47. The molecule has 2 amide bonds. The van der Waals surface area contributed by atoms with Gasteiger partial charge in [-0.25, -0.2) is 0 Å². The van der Waals surface area contributed by atoms with E-state index < -0.39 is 10.8 Å². The van der Waals surface area contributed by atoms with E-state index in [1.807, 2.05) is 30.3 Å². The molecule has 2 aromatic carbocycles. The third kappa shape index (κ3) is 3.24. The topological polar surface area (TPSA) is 101 Å². The van der Waals surface area contributed by atoms with Gasteiger partial charge in [-0.3, -0.25) is 30.6 Å². The first kappa shape index (κ1) is 15.7. The van der Waals surface area contributed by atoms with E-state index in [1.165, 1.54) is 24.3 Å². The molecular weight excluding hydrogens is 310 g/mol. The Bertz CT molecular complexity index is 791. The molecule has 0 aliphatic heterocycles. The van der Waals surface area contributed by atoms with Crippen LogP contribution in [0.15, 0.2) is 54.6 Å². The molecule has 0 bridgehead atoms. The van der Waals surface area contributed by atoms with Crippen LogP contribution in [0.5, 0.6) is 0 Å². The Morgan fingerprint density at radius 2 is 1.67 bits per heavy atom. The number of nitro benzene ring substituents is 1. The van der Waals surface area contributed by atoms with Crippen LogP contribution >= 0.6 is 0 Å². The number of hydrogen-bond donors (Lipinski definition) is 2. The van der Waals surface area contributed by atoms with Crippen LogP contribution in [0.25, 0.3) is 0 Å². The van der Waals surface area contributed by atoms with Crippen molar-refractivity contribution in [1.82, 2.24) is 10.9 Å². The van der Waals surface area contributed by atoms with Crippen molar-refractivity contribution in [2.45, 2.75) is 12.3 Å². The molecule has 2 N–H and O–H groups in total. The molecule has 7 heteroatoms. The molecule has 7 nitrogen and oxygen atoms in total. The second-order valence-electron chi connectivity index (χ2n) is 5.58. The van der Waals surface area contributed by atoms with Crippen LogP contribution in [-0.2, 0) is 4.79 Å². The van der Waals surface area contributed by atoms with Crippen molar-refractivity contribution in [3.63, 3.8) is 0 Å². The van der Waals surface area contributed by atoms with Crippen molar-refractivity contribution in [3.8, 4) is 0 Å². The summed E-state index contributed by atoms with van der Waals surface area (Å²) in [5, 5.41) is 10.9. The lowest BCUT2D eigenvalue weighted by atomic mass is 10.1. The minimum atomic E-state index is -0.715. The number of para-hydroxylation sites is 1. The fourth-order valence-corrected chi connectivity index (χ4v) is 2.66. The maximum atomic E-state index is 12.1. The molecule has 1 aliphatic carbocycles. The number of hydrazine groups is 1. The van der Waals surface area contributed by atoms with Crippen molar-refractivity contribution < 1.29 is 14.5 Å². The molecule has 1 fully saturated rings. The third-order valence-corrected chi connectivity index (χ3v) is 4.00. The molecule has 0 saturated heterocycles. The Hall–Kier alpha value is -3.22. The van der Waals surface area contributed by atoms with Crippen molar-refractivity contribution in [2.24, 2.45) is 5.92 Å². The number of nitro groups is 1. The third-order valence-electron chi connectivity index (χ3n) is 4.00. The van der Waals surface area contributed by atoms with Gasteiger partial charge in [0.1, 0.15) is 5.56 Å². The van der Waals surface area contributed by atoms with Gasteiger partial charge in [-0.1, -0.05) is 42.5 Å². The van der Waals surface area contributed by atoms with Crippen LogP contribution < -0.4 is 10.9 Å². The minimum Gasteiger partial charge on any atom is -0.273 e. The summed E-state index contributed by atoms with van der Waals surface area (Å²) in [5.74, 6) is -1.06. The van der Waals surface area contributed by atoms with Crippen LogP contribution in [-0.4, -0.2) is 16.7 Å². The molecule has 2 aromatic rings. The molecular formula is C17H15N3O4. The lowest BCUT2D eigenvalue weighted by Gasteiger charge is -2.07. The maximum absolute atomic E-state index is 12.1. The molecule has 0 spiro atoms. The number of amides is 2.